The molecular weight excluding hydrogens is 330 g/mol. The second-order valence-corrected chi connectivity index (χ2v) is 7.24. The average Bonchev–Trinajstić information content (AvgIpc) is 2.56. The number of hydrogen-bond donors (Lipinski definition) is 1. The first-order valence-electron chi connectivity index (χ1n) is 7.27. The summed E-state index contributed by atoms with van der Waals surface area (Å²) in [6, 6.07) is 9.79. The molecule has 0 amide bonds. The first-order chi connectivity index (χ1) is 11.3. The number of esters is 1. The van der Waals surface area contributed by atoms with E-state index in [4.69, 9.17) is 4.74 Å². The maximum atomic E-state index is 12.0. The lowest BCUT2D eigenvalue weighted by Gasteiger charge is -2.11. The maximum absolute atomic E-state index is 12.0. The molecule has 0 bridgehead atoms. The summed E-state index contributed by atoms with van der Waals surface area (Å²) < 4.78 is 30.0. The van der Waals surface area contributed by atoms with E-state index in [0.717, 1.165) is 9.99 Å². The molecule has 0 aliphatic carbocycles. The van der Waals surface area contributed by atoms with Crippen molar-refractivity contribution < 1.29 is 17.9 Å². The van der Waals surface area contributed by atoms with Crippen LogP contribution < -0.4 is 5.32 Å². The molecule has 1 N–H and O–H groups in total. The van der Waals surface area contributed by atoms with Gasteiger partial charge < -0.3 is 10.1 Å². The average molecular weight is 349 g/mol. The SMILES string of the molecule is CCOC(=O)c1ccc(Nc2ccc(S(=O)(=O)N(C)C)cn2)cc1. The third kappa shape index (κ3) is 4.09. The van der Waals surface area contributed by atoms with Gasteiger partial charge in [-0.3, -0.25) is 0 Å². The third-order valence-corrected chi connectivity index (χ3v) is 4.98. The van der Waals surface area contributed by atoms with Crippen LogP contribution in [-0.4, -0.2) is 44.4 Å². The first kappa shape index (κ1) is 17.9. The summed E-state index contributed by atoms with van der Waals surface area (Å²) in [5, 5.41) is 3.04. The van der Waals surface area contributed by atoms with E-state index in [1.54, 1.807) is 37.3 Å². The molecule has 0 saturated carbocycles. The molecule has 8 heteroatoms. The van der Waals surface area contributed by atoms with Gasteiger partial charge in [0.15, 0.2) is 0 Å². The number of carbonyl (C=O) groups excluding carboxylic acids is 1. The monoisotopic (exact) mass is 349 g/mol. The van der Waals surface area contributed by atoms with Crippen molar-refractivity contribution in [3.63, 3.8) is 0 Å². The summed E-state index contributed by atoms with van der Waals surface area (Å²) in [6.45, 7) is 2.07. The minimum absolute atomic E-state index is 0.121. The van der Waals surface area contributed by atoms with Crippen LogP contribution in [0, 0.1) is 0 Å². The molecule has 128 valence electrons. The van der Waals surface area contributed by atoms with Crippen LogP contribution in [0.5, 0.6) is 0 Å². The zero-order valence-corrected chi connectivity index (χ0v) is 14.5. The Balaban J connectivity index is 2.10. The molecule has 0 unspecified atom stereocenters. The molecule has 0 spiro atoms. The molecular formula is C16H19N3O4S. The lowest BCUT2D eigenvalue weighted by molar-refractivity contribution is 0.0526. The quantitative estimate of drug-likeness (QED) is 0.805. The molecule has 0 aliphatic heterocycles. The van der Waals surface area contributed by atoms with E-state index < -0.39 is 10.0 Å². The van der Waals surface area contributed by atoms with Gasteiger partial charge in [0, 0.05) is 26.0 Å². The molecule has 0 radical (unpaired) electrons. The molecule has 2 aromatic rings. The van der Waals surface area contributed by atoms with Crippen molar-refractivity contribution in [1.82, 2.24) is 9.29 Å². The summed E-state index contributed by atoms with van der Waals surface area (Å²) in [5.41, 5.74) is 1.18. The Bertz CT molecular complexity index is 800. The van der Waals surface area contributed by atoms with E-state index in [1.807, 2.05) is 0 Å². The van der Waals surface area contributed by atoms with Crippen LogP contribution >= 0.6 is 0 Å². The Morgan fingerprint density at radius 2 is 1.83 bits per heavy atom. The molecule has 7 nitrogen and oxygen atoms in total. The van der Waals surface area contributed by atoms with Crippen LogP contribution in [0.2, 0.25) is 0 Å². The van der Waals surface area contributed by atoms with Crippen molar-refractivity contribution in [1.29, 1.82) is 0 Å². The highest BCUT2D eigenvalue weighted by Gasteiger charge is 2.17. The Kier molecular flexibility index (Phi) is 5.53. The Morgan fingerprint density at radius 3 is 2.33 bits per heavy atom. The lowest BCUT2D eigenvalue weighted by atomic mass is 10.2. The van der Waals surface area contributed by atoms with Crippen molar-refractivity contribution in [3.8, 4) is 0 Å². The van der Waals surface area contributed by atoms with Crippen LogP contribution in [0.4, 0.5) is 11.5 Å². The van der Waals surface area contributed by atoms with Crippen LogP contribution in [0.15, 0.2) is 47.5 Å². The zero-order chi connectivity index (χ0) is 17.7. The maximum Gasteiger partial charge on any atom is 0.338 e. The van der Waals surface area contributed by atoms with Crippen LogP contribution in [0.1, 0.15) is 17.3 Å². The highest BCUT2D eigenvalue weighted by Crippen LogP contribution is 2.18. The van der Waals surface area contributed by atoms with Crippen molar-refractivity contribution >= 4 is 27.5 Å². The number of nitrogens with one attached hydrogen (secondary N) is 1. The first-order valence-corrected chi connectivity index (χ1v) is 8.71. The standard InChI is InChI=1S/C16H19N3O4S/c1-4-23-16(20)12-5-7-13(8-6-12)18-15-10-9-14(11-17-15)24(21,22)19(2)3/h5-11H,4H2,1-3H3,(H,17,18). The molecule has 0 aliphatic rings. The highest BCUT2D eigenvalue weighted by atomic mass is 32.2. The van der Waals surface area contributed by atoms with Crippen LogP contribution in [0.25, 0.3) is 0 Å². The molecule has 1 heterocycles. The number of ether oxygens (including phenoxy) is 1. The fourth-order valence-corrected chi connectivity index (χ4v) is 2.72. The van der Waals surface area contributed by atoms with Gasteiger partial charge in [0.2, 0.25) is 10.0 Å². The summed E-state index contributed by atoms with van der Waals surface area (Å²) in [7, 11) is -0.566. The summed E-state index contributed by atoms with van der Waals surface area (Å²) >= 11 is 0. The normalized spacial score (nSPS) is 11.3. The second-order valence-electron chi connectivity index (χ2n) is 5.09. The molecule has 0 saturated heterocycles. The highest BCUT2D eigenvalue weighted by molar-refractivity contribution is 7.89. The summed E-state index contributed by atoms with van der Waals surface area (Å²) in [6.07, 6.45) is 1.30. The van der Waals surface area contributed by atoms with Crippen LogP contribution in [-0.2, 0) is 14.8 Å². The molecule has 1 aromatic carbocycles. The topological polar surface area (TPSA) is 88.6 Å². The minimum Gasteiger partial charge on any atom is -0.462 e. The van der Waals surface area contributed by atoms with Crippen molar-refractivity contribution in [2.24, 2.45) is 0 Å². The minimum atomic E-state index is -3.50. The smallest absolute Gasteiger partial charge is 0.338 e. The predicted octanol–water partition coefficient (Wildman–Crippen LogP) is 2.25. The van der Waals surface area contributed by atoms with Crippen molar-refractivity contribution in [2.75, 3.05) is 26.0 Å². The van der Waals surface area contributed by atoms with Crippen LogP contribution in [0.3, 0.4) is 0 Å². The number of nitrogens with zero attached hydrogens (tertiary/aromatic N) is 2. The van der Waals surface area contributed by atoms with E-state index in [9.17, 15) is 13.2 Å². The zero-order valence-electron chi connectivity index (χ0n) is 13.7. The second kappa shape index (κ2) is 7.41. The summed E-state index contributed by atoms with van der Waals surface area (Å²) in [4.78, 5) is 15.8. The molecule has 1 aromatic heterocycles. The van der Waals surface area contributed by atoms with E-state index in [2.05, 4.69) is 10.3 Å². The largest absolute Gasteiger partial charge is 0.462 e. The lowest BCUT2D eigenvalue weighted by Crippen LogP contribution is -2.22. The number of sulfonamides is 1. The third-order valence-electron chi connectivity index (χ3n) is 3.18. The number of aromatic nitrogens is 1. The van der Waals surface area contributed by atoms with Gasteiger partial charge in [0.25, 0.3) is 0 Å². The van der Waals surface area contributed by atoms with Gasteiger partial charge in [0.1, 0.15) is 10.7 Å². The number of anilines is 2. The number of pyridine rings is 1. The van der Waals surface area contributed by atoms with Gasteiger partial charge in [-0.15, -0.1) is 0 Å². The van der Waals surface area contributed by atoms with Gasteiger partial charge in [0.05, 0.1) is 12.2 Å². The number of benzene rings is 1. The van der Waals surface area contributed by atoms with E-state index in [-0.39, 0.29) is 10.9 Å². The van der Waals surface area contributed by atoms with Gasteiger partial charge in [-0.2, -0.15) is 0 Å². The molecule has 0 atom stereocenters. The van der Waals surface area contributed by atoms with Gasteiger partial charge in [-0.1, -0.05) is 0 Å². The fourth-order valence-electron chi connectivity index (χ4n) is 1.87. The predicted molar refractivity (Wildman–Crippen MR) is 90.8 cm³/mol. The van der Waals surface area contributed by atoms with Gasteiger partial charge in [-0.25, -0.2) is 22.5 Å². The number of carbonyl (C=O) groups is 1. The molecule has 2 rings (SSSR count). The number of rotatable bonds is 6. The summed E-state index contributed by atoms with van der Waals surface area (Å²) in [5.74, 6) is 0.122. The van der Waals surface area contributed by atoms with Crippen molar-refractivity contribution in [2.45, 2.75) is 11.8 Å². The Hall–Kier alpha value is -2.45. The molecule has 24 heavy (non-hydrogen) atoms. The van der Waals surface area contributed by atoms with Crippen molar-refractivity contribution in [3.05, 3.63) is 48.2 Å². The van der Waals surface area contributed by atoms with E-state index >= 15 is 0 Å². The molecule has 0 fully saturated rings. The fraction of sp³-hybridized carbons (Fsp3) is 0.250. The Morgan fingerprint density at radius 1 is 1.17 bits per heavy atom. The van der Waals surface area contributed by atoms with E-state index in [1.165, 1.54) is 26.4 Å². The number of hydrogen-bond acceptors (Lipinski definition) is 6. The Labute approximate surface area is 141 Å². The van der Waals surface area contributed by atoms with Gasteiger partial charge in [-0.05, 0) is 43.3 Å². The van der Waals surface area contributed by atoms with Gasteiger partial charge >= 0.3 is 5.97 Å². The van der Waals surface area contributed by atoms with E-state index in [0.29, 0.717) is 18.0 Å².